The summed E-state index contributed by atoms with van der Waals surface area (Å²) in [7, 11) is 0. The van der Waals surface area contributed by atoms with Gasteiger partial charge in [0, 0.05) is 34.7 Å². The number of Topliss-reactive ketones (excluding diaryl/α,β-unsaturated/α-hetero) is 2. The lowest BCUT2D eigenvalue weighted by Gasteiger charge is -2.38. The van der Waals surface area contributed by atoms with Gasteiger partial charge in [0.15, 0.2) is 23.1 Å². The molecule has 0 saturated heterocycles. The summed E-state index contributed by atoms with van der Waals surface area (Å²) in [6.45, 7) is 4.10. The first-order valence-corrected chi connectivity index (χ1v) is 9.77. The first kappa shape index (κ1) is 17.9. The Hall–Kier alpha value is -3.21. The van der Waals surface area contributed by atoms with Gasteiger partial charge in [-0.1, -0.05) is 44.2 Å². The fourth-order valence-electron chi connectivity index (χ4n) is 4.98. The predicted octanol–water partition coefficient (Wildman–Crippen LogP) is 4.14. The Balaban J connectivity index is 1.77. The van der Waals surface area contributed by atoms with Gasteiger partial charge in [0.25, 0.3) is 0 Å². The molecule has 1 heterocycles. The van der Waals surface area contributed by atoms with Crippen LogP contribution in [-0.2, 0) is 4.79 Å². The predicted molar refractivity (Wildman–Crippen MR) is 108 cm³/mol. The molecule has 5 rings (SSSR count). The molecule has 2 unspecified atom stereocenters. The van der Waals surface area contributed by atoms with E-state index < -0.39 is 11.8 Å². The van der Waals surface area contributed by atoms with Crippen molar-refractivity contribution in [1.82, 2.24) is 0 Å². The lowest BCUT2D eigenvalue weighted by atomic mass is 9.66. The quantitative estimate of drug-likeness (QED) is 0.720. The molecule has 3 aliphatic rings. The number of nitrogens with zero attached hydrogens (tertiary/aromatic N) is 1. The zero-order valence-corrected chi connectivity index (χ0v) is 16.3. The molecule has 5 nitrogen and oxygen atoms in total. The van der Waals surface area contributed by atoms with Gasteiger partial charge in [-0.05, 0) is 29.5 Å². The standard InChI is InChI=1S/C24H21NO4/c1-24(2)10-15-20(18(28)11-24)19(12-7-8-16(26)17(27)9-12)21-22(25-15)13-5-3-4-6-14(13)23(21)29/h3-9,19,21,26-27H,10-11H2,1-2H3. The van der Waals surface area contributed by atoms with E-state index in [1.807, 2.05) is 18.2 Å². The number of carbonyl (C=O) groups is 2. The van der Waals surface area contributed by atoms with E-state index in [9.17, 15) is 19.8 Å². The second-order valence-corrected chi connectivity index (χ2v) is 8.91. The molecule has 2 atom stereocenters. The van der Waals surface area contributed by atoms with Gasteiger partial charge in [-0.3, -0.25) is 14.6 Å². The molecule has 2 aliphatic carbocycles. The fraction of sp³-hybridized carbons (Fsp3) is 0.292. The van der Waals surface area contributed by atoms with E-state index in [0.717, 1.165) is 11.3 Å². The van der Waals surface area contributed by atoms with Gasteiger partial charge in [0.1, 0.15) is 0 Å². The Morgan fingerprint density at radius 2 is 1.66 bits per heavy atom. The number of allylic oxidation sites excluding steroid dienone is 2. The summed E-state index contributed by atoms with van der Waals surface area (Å²) in [4.78, 5) is 31.4. The highest BCUT2D eigenvalue weighted by Gasteiger charge is 2.50. The average Bonchev–Trinajstić information content (AvgIpc) is 2.94. The molecule has 2 N–H and O–H groups in total. The van der Waals surface area contributed by atoms with Crippen LogP contribution in [0.1, 0.15) is 54.1 Å². The number of benzene rings is 2. The highest BCUT2D eigenvalue weighted by molar-refractivity contribution is 6.30. The molecule has 0 saturated carbocycles. The number of carbonyl (C=O) groups excluding carboxylic acids is 2. The summed E-state index contributed by atoms with van der Waals surface area (Å²) in [5.74, 6) is -1.67. The lowest BCUT2D eigenvalue weighted by Crippen LogP contribution is -2.37. The molecule has 0 radical (unpaired) electrons. The van der Waals surface area contributed by atoms with Crippen molar-refractivity contribution >= 4 is 17.3 Å². The van der Waals surface area contributed by atoms with Crippen LogP contribution in [-0.4, -0.2) is 27.5 Å². The molecular formula is C24H21NO4. The van der Waals surface area contributed by atoms with Crippen LogP contribution >= 0.6 is 0 Å². The third kappa shape index (κ3) is 2.57. The minimum atomic E-state index is -0.597. The number of aromatic hydroxyl groups is 2. The third-order valence-corrected chi connectivity index (χ3v) is 6.20. The Kier molecular flexibility index (Phi) is 3.63. The van der Waals surface area contributed by atoms with Crippen molar-refractivity contribution in [2.75, 3.05) is 0 Å². The van der Waals surface area contributed by atoms with E-state index in [-0.39, 0.29) is 28.5 Å². The van der Waals surface area contributed by atoms with Crippen molar-refractivity contribution in [3.05, 3.63) is 70.4 Å². The summed E-state index contributed by atoms with van der Waals surface area (Å²) in [5, 5.41) is 19.8. The zero-order valence-electron chi connectivity index (χ0n) is 16.3. The average molecular weight is 387 g/mol. The fourth-order valence-corrected chi connectivity index (χ4v) is 4.98. The molecule has 0 fully saturated rings. The van der Waals surface area contributed by atoms with Crippen LogP contribution < -0.4 is 0 Å². The summed E-state index contributed by atoms with van der Waals surface area (Å²) in [5.41, 5.74) is 3.89. The molecule has 0 amide bonds. The van der Waals surface area contributed by atoms with Crippen molar-refractivity contribution in [3.63, 3.8) is 0 Å². The third-order valence-electron chi connectivity index (χ3n) is 6.20. The SMILES string of the molecule is CC1(C)CC(=O)C2=C(C1)N=C1c3ccccc3C(=O)C1C2c1ccc(O)c(O)c1. The number of phenols is 2. The Labute approximate surface area is 168 Å². The van der Waals surface area contributed by atoms with E-state index in [1.165, 1.54) is 12.1 Å². The zero-order chi connectivity index (χ0) is 20.5. The van der Waals surface area contributed by atoms with Gasteiger partial charge in [-0.15, -0.1) is 0 Å². The van der Waals surface area contributed by atoms with Gasteiger partial charge in [0.2, 0.25) is 0 Å². The van der Waals surface area contributed by atoms with Crippen molar-refractivity contribution in [2.45, 2.75) is 32.6 Å². The van der Waals surface area contributed by atoms with Crippen LogP contribution in [0.15, 0.2) is 58.7 Å². The summed E-state index contributed by atoms with van der Waals surface area (Å²) >= 11 is 0. The maximum atomic E-state index is 13.3. The van der Waals surface area contributed by atoms with Crippen molar-refractivity contribution < 1.29 is 19.8 Å². The summed E-state index contributed by atoms with van der Waals surface area (Å²) in [6, 6.07) is 12.0. The minimum absolute atomic E-state index is 0.000343. The summed E-state index contributed by atoms with van der Waals surface area (Å²) < 4.78 is 0. The largest absolute Gasteiger partial charge is 0.504 e. The first-order chi connectivity index (χ1) is 13.8. The second-order valence-electron chi connectivity index (χ2n) is 8.91. The summed E-state index contributed by atoms with van der Waals surface area (Å²) in [6.07, 6.45) is 1.05. The monoisotopic (exact) mass is 387 g/mol. The van der Waals surface area contributed by atoms with Crippen LogP contribution in [0.5, 0.6) is 11.5 Å². The van der Waals surface area contributed by atoms with Gasteiger partial charge in [-0.25, -0.2) is 0 Å². The molecule has 2 aromatic rings. The van der Waals surface area contributed by atoms with Crippen molar-refractivity contribution in [2.24, 2.45) is 16.3 Å². The highest BCUT2D eigenvalue weighted by Crippen LogP contribution is 2.51. The van der Waals surface area contributed by atoms with Crippen molar-refractivity contribution in [3.8, 4) is 11.5 Å². The minimum Gasteiger partial charge on any atom is -0.504 e. The van der Waals surface area contributed by atoms with Gasteiger partial charge in [-0.2, -0.15) is 0 Å². The van der Waals surface area contributed by atoms with Crippen molar-refractivity contribution in [1.29, 1.82) is 0 Å². The molecule has 2 aromatic carbocycles. The maximum Gasteiger partial charge on any atom is 0.173 e. The molecule has 0 aromatic heterocycles. The van der Waals surface area contributed by atoms with E-state index in [0.29, 0.717) is 35.3 Å². The second kappa shape index (κ2) is 5.89. The van der Waals surface area contributed by atoms with Crippen LogP contribution in [0, 0.1) is 11.3 Å². The Morgan fingerprint density at radius 1 is 0.931 bits per heavy atom. The normalized spacial score (nSPS) is 24.7. The number of rotatable bonds is 1. The molecular weight excluding hydrogens is 366 g/mol. The maximum absolute atomic E-state index is 13.3. The molecule has 29 heavy (non-hydrogen) atoms. The van der Waals surface area contributed by atoms with Gasteiger partial charge < -0.3 is 10.2 Å². The van der Waals surface area contributed by atoms with E-state index in [2.05, 4.69) is 13.8 Å². The van der Waals surface area contributed by atoms with Gasteiger partial charge in [0.05, 0.1) is 11.6 Å². The number of hydrogen-bond acceptors (Lipinski definition) is 5. The van der Waals surface area contributed by atoms with E-state index >= 15 is 0 Å². The van der Waals surface area contributed by atoms with Gasteiger partial charge >= 0.3 is 0 Å². The molecule has 0 bridgehead atoms. The number of aliphatic imine (C=N–C) groups is 1. The number of fused-ring (bicyclic) bond motifs is 3. The molecule has 5 heteroatoms. The van der Waals surface area contributed by atoms with Crippen LogP contribution in [0.3, 0.4) is 0 Å². The number of phenolic OH excluding ortho intramolecular Hbond substituents is 2. The van der Waals surface area contributed by atoms with E-state index in [1.54, 1.807) is 12.1 Å². The van der Waals surface area contributed by atoms with E-state index in [4.69, 9.17) is 4.99 Å². The molecule has 146 valence electrons. The Bertz CT molecular complexity index is 1160. The lowest BCUT2D eigenvalue weighted by molar-refractivity contribution is -0.118. The number of ketones is 2. The molecule has 0 spiro atoms. The smallest absolute Gasteiger partial charge is 0.173 e. The topological polar surface area (TPSA) is 87.0 Å². The first-order valence-electron chi connectivity index (χ1n) is 9.77. The van der Waals surface area contributed by atoms with Crippen LogP contribution in [0.25, 0.3) is 0 Å². The van der Waals surface area contributed by atoms with Crippen LogP contribution in [0.4, 0.5) is 0 Å². The Morgan fingerprint density at radius 3 is 2.38 bits per heavy atom. The van der Waals surface area contributed by atoms with Crippen LogP contribution in [0.2, 0.25) is 0 Å². The molecule has 1 aliphatic heterocycles. The number of hydrogen-bond donors (Lipinski definition) is 2. The highest BCUT2D eigenvalue weighted by atomic mass is 16.3.